The quantitative estimate of drug-likeness (QED) is 0.595. The maximum absolute atomic E-state index is 14.0. The third kappa shape index (κ3) is 3.64. The summed E-state index contributed by atoms with van der Waals surface area (Å²) < 4.78 is 21.4. The zero-order valence-electron chi connectivity index (χ0n) is 18.3. The molecule has 4 atom stereocenters. The Morgan fingerprint density at radius 1 is 1.24 bits per heavy atom. The average Bonchev–Trinajstić information content (AvgIpc) is 3.35. The zero-order chi connectivity index (χ0) is 23.3. The summed E-state index contributed by atoms with van der Waals surface area (Å²) >= 11 is 0. The number of fused-ring (bicyclic) bond motifs is 1. The topological polar surface area (TPSA) is 97.8 Å². The molecule has 0 radical (unpaired) electrons. The van der Waals surface area contributed by atoms with E-state index in [0.717, 1.165) is 24.2 Å². The van der Waals surface area contributed by atoms with E-state index in [1.54, 1.807) is 16.7 Å². The van der Waals surface area contributed by atoms with Crippen molar-refractivity contribution in [3.05, 3.63) is 70.0 Å². The van der Waals surface area contributed by atoms with Gasteiger partial charge in [0.05, 0.1) is 29.7 Å². The predicted molar refractivity (Wildman–Crippen MR) is 124 cm³/mol. The third-order valence-corrected chi connectivity index (χ3v) is 6.86. The first-order chi connectivity index (χ1) is 15.9. The van der Waals surface area contributed by atoms with Crippen LogP contribution in [0.3, 0.4) is 0 Å². The molecule has 1 aliphatic carbocycles. The van der Waals surface area contributed by atoms with Gasteiger partial charge in [-0.3, -0.25) is 4.79 Å². The lowest BCUT2D eigenvalue weighted by molar-refractivity contribution is 0.0694. The molecule has 2 fully saturated rings. The first-order valence-electron chi connectivity index (χ1n) is 11.1. The molecule has 3 N–H and O–H groups in total. The molecule has 0 bridgehead atoms. The van der Waals surface area contributed by atoms with E-state index in [2.05, 4.69) is 4.90 Å². The molecule has 2 aromatic carbocycles. The third-order valence-electron chi connectivity index (χ3n) is 6.86. The Morgan fingerprint density at radius 3 is 2.61 bits per heavy atom. The van der Waals surface area contributed by atoms with Crippen LogP contribution in [0.4, 0.5) is 10.1 Å². The first kappa shape index (κ1) is 21.5. The number of carboxylic acid groups (broad SMARTS) is 1. The molecule has 1 saturated heterocycles. The Hall–Kier alpha value is -3.39. The molecule has 1 aliphatic heterocycles. The van der Waals surface area contributed by atoms with Crippen LogP contribution in [0.15, 0.2) is 53.5 Å². The van der Waals surface area contributed by atoms with Gasteiger partial charge in [-0.2, -0.15) is 0 Å². The molecular formula is C25H26FN3O4. The molecule has 1 saturated carbocycles. The number of carbonyl (C=O) groups is 1. The maximum Gasteiger partial charge on any atom is 0.341 e. The van der Waals surface area contributed by atoms with Gasteiger partial charge in [-0.15, -0.1) is 0 Å². The molecule has 0 spiro atoms. The molecule has 2 heterocycles. The molecule has 1 unspecified atom stereocenters. The van der Waals surface area contributed by atoms with Crippen LogP contribution in [-0.4, -0.2) is 42.0 Å². The van der Waals surface area contributed by atoms with Crippen molar-refractivity contribution in [3.63, 3.8) is 0 Å². The van der Waals surface area contributed by atoms with Crippen LogP contribution in [-0.2, 0) is 0 Å². The molecule has 0 amide bonds. The van der Waals surface area contributed by atoms with E-state index in [4.69, 9.17) is 10.5 Å². The molecular weight excluding hydrogens is 425 g/mol. The Morgan fingerprint density at radius 2 is 1.97 bits per heavy atom. The van der Waals surface area contributed by atoms with Gasteiger partial charge in [-0.25, -0.2) is 9.18 Å². The number of nitrogens with zero attached hydrogens (tertiary/aromatic N) is 2. The Balaban J connectivity index is 1.57. The van der Waals surface area contributed by atoms with E-state index in [1.807, 2.05) is 30.3 Å². The van der Waals surface area contributed by atoms with Gasteiger partial charge in [-0.05, 0) is 30.0 Å². The lowest BCUT2D eigenvalue weighted by Gasteiger charge is -2.25. The van der Waals surface area contributed by atoms with Crippen molar-refractivity contribution in [2.45, 2.75) is 31.1 Å². The molecule has 8 heteroatoms. The van der Waals surface area contributed by atoms with Gasteiger partial charge < -0.3 is 25.0 Å². The first-order valence-corrected chi connectivity index (χ1v) is 11.1. The number of aromatic nitrogens is 1. The molecule has 3 aromatic rings. The van der Waals surface area contributed by atoms with Crippen LogP contribution in [0.25, 0.3) is 10.9 Å². The van der Waals surface area contributed by atoms with E-state index >= 15 is 0 Å². The van der Waals surface area contributed by atoms with Gasteiger partial charge in [-0.1, -0.05) is 30.3 Å². The second-order valence-corrected chi connectivity index (χ2v) is 8.85. The highest BCUT2D eigenvalue weighted by atomic mass is 19.1. The van der Waals surface area contributed by atoms with Crippen molar-refractivity contribution < 1.29 is 19.0 Å². The van der Waals surface area contributed by atoms with Gasteiger partial charge >= 0.3 is 5.97 Å². The van der Waals surface area contributed by atoms with Crippen LogP contribution in [0, 0.1) is 5.92 Å². The number of methoxy groups -OCH3 is 1. The number of nitrogens with two attached hydrogens (primary N) is 1. The fourth-order valence-electron chi connectivity index (χ4n) is 4.96. The minimum atomic E-state index is -1.33. The van der Waals surface area contributed by atoms with Crippen molar-refractivity contribution in [2.75, 3.05) is 25.1 Å². The average molecular weight is 451 g/mol. The maximum atomic E-state index is 14.0. The number of aromatic carboxylic acids is 1. The minimum absolute atomic E-state index is 0.0993. The number of rotatable bonds is 6. The molecule has 1 aromatic heterocycles. The summed E-state index contributed by atoms with van der Waals surface area (Å²) in [6, 6.07) is 12.8. The highest BCUT2D eigenvalue weighted by Gasteiger charge is 2.41. The summed E-state index contributed by atoms with van der Waals surface area (Å²) in [4.78, 5) is 26.7. The highest BCUT2D eigenvalue weighted by Crippen LogP contribution is 2.45. The summed E-state index contributed by atoms with van der Waals surface area (Å²) in [5.41, 5.74) is 7.91. The minimum Gasteiger partial charge on any atom is -0.492 e. The molecule has 33 heavy (non-hydrogen) atoms. The Kier molecular flexibility index (Phi) is 5.32. The van der Waals surface area contributed by atoms with Crippen LogP contribution in [0.5, 0.6) is 5.75 Å². The number of anilines is 1. The van der Waals surface area contributed by atoms with E-state index in [-0.39, 0.29) is 29.3 Å². The Bertz CT molecular complexity index is 1280. The van der Waals surface area contributed by atoms with E-state index in [0.29, 0.717) is 17.8 Å². The fraction of sp³-hybridized carbons (Fsp3) is 0.360. The zero-order valence-corrected chi connectivity index (χ0v) is 18.3. The molecule has 7 nitrogen and oxygen atoms in total. The predicted octanol–water partition coefficient (Wildman–Crippen LogP) is 3.52. The van der Waals surface area contributed by atoms with Gasteiger partial charge in [0.2, 0.25) is 5.43 Å². The number of hydrogen-bond donors (Lipinski definition) is 2. The number of ether oxygens (including phenoxy) is 1. The van der Waals surface area contributed by atoms with Crippen molar-refractivity contribution in [1.29, 1.82) is 0 Å². The molecule has 5 rings (SSSR count). The lowest BCUT2D eigenvalue weighted by atomic mass is 9.93. The number of hydrogen-bond acceptors (Lipinski definition) is 5. The summed E-state index contributed by atoms with van der Waals surface area (Å²) in [7, 11) is 1.52. The normalized spacial score (nSPS) is 23.0. The van der Waals surface area contributed by atoms with E-state index < -0.39 is 23.6 Å². The summed E-state index contributed by atoms with van der Waals surface area (Å²) in [6.45, 7) is 1.48. The Labute approximate surface area is 190 Å². The van der Waals surface area contributed by atoms with Gasteiger partial charge in [0.25, 0.3) is 0 Å². The number of halogens is 1. The summed E-state index contributed by atoms with van der Waals surface area (Å²) in [6.07, 6.45) is 1.35. The van der Waals surface area contributed by atoms with Crippen molar-refractivity contribution in [3.8, 4) is 5.75 Å². The molecule has 172 valence electrons. The van der Waals surface area contributed by atoms with Crippen LogP contribution in [0.1, 0.15) is 40.8 Å². The highest BCUT2D eigenvalue weighted by molar-refractivity contribution is 5.97. The van der Waals surface area contributed by atoms with Gasteiger partial charge in [0.1, 0.15) is 11.7 Å². The molecule has 2 aliphatic rings. The van der Waals surface area contributed by atoms with Crippen LogP contribution < -0.4 is 20.8 Å². The van der Waals surface area contributed by atoms with Gasteiger partial charge in [0.15, 0.2) is 5.75 Å². The fourth-order valence-corrected chi connectivity index (χ4v) is 4.96. The second-order valence-electron chi connectivity index (χ2n) is 8.85. The summed E-state index contributed by atoms with van der Waals surface area (Å²) in [5.74, 6) is -0.635. The standard InChI is InChI=1S/C25H26FN3O4/c1-33-24-19(28-10-9-15(12-28)21(27)14-5-3-2-4-6-14)8-7-16-22(24)29(20-11-18(20)26)13-17(23(16)30)25(31)32/h2-8,13,15,18,20-21H,9-12,27H2,1H3,(H,31,32)/t15-,18+,20-,21?/m1/s1. The lowest BCUT2D eigenvalue weighted by Crippen LogP contribution is -2.26. The largest absolute Gasteiger partial charge is 0.492 e. The number of benzene rings is 2. The van der Waals surface area contributed by atoms with E-state index in [1.165, 1.54) is 13.3 Å². The monoisotopic (exact) mass is 451 g/mol. The van der Waals surface area contributed by atoms with E-state index in [9.17, 15) is 19.1 Å². The van der Waals surface area contributed by atoms with Gasteiger partial charge in [0, 0.05) is 31.7 Å². The number of pyridine rings is 1. The smallest absolute Gasteiger partial charge is 0.341 e. The van der Waals surface area contributed by atoms with Crippen molar-refractivity contribution >= 4 is 22.6 Å². The second kappa shape index (κ2) is 8.19. The van der Waals surface area contributed by atoms with Crippen molar-refractivity contribution in [2.24, 2.45) is 11.7 Å². The number of carboxylic acids is 1. The van der Waals surface area contributed by atoms with Crippen molar-refractivity contribution in [1.82, 2.24) is 4.57 Å². The van der Waals surface area contributed by atoms with Crippen LogP contribution in [0.2, 0.25) is 0 Å². The van der Waals surface area contributed by atoms with Crippen LogP contribution >= 0.6 is 0 Å². The number of alkyl halides is 1. The SMILES string of the molecule is COc1c(N2CC[C@@H](C(N)c3ccccc3)C2)ccc2c(=O)c(C(=O)O)cn([C@@H]3C[C@@H]3F)c12. The summed E-state index contributed by atoms with van der Waals surface area (Å²) in [5, 5.41) is 9.70.